The molecular weight excluding hydrogens is 255 g/mol. The average molecular weight is 267 g/mol. The Kier molecular flexibility index (Phi) is 3.36. The topological polar surface area (TPSA) is 25.8 Å². The lowest BCUT2D eigenvalue weighted by Crippen LogP contribution is -1.97. The molecule has 1 aromatic heterocycles. The molecule has 0 unspecified atom stereocenters. The van der Waals surface area contributed by atoms with Gasteiger partial charge in [0.05, 0.1) is 0 Å². The highest BCUT2D eigenvalue weighted by atomic mass is 35.5. The van der Waals surface area contributed by atoms with E-state index >= 15 is 0 Å². The molecule has 0 bridgehead atoms. The molecule has 4 heteroatoms. The Labute approximate surface area is 111 Å². The van der Waals surface area contributed by atoms with Crippen LogP contribution in [0, 0.1) is 20.8 Å². The maximum atomic E-state index is 6.08. The number of nitrogens with zero attached hydrogens (tertiary/aromatic N) is 2. The molecule has 1 heterocycles. The van der Waals surface area contributed by atoms with Gasteiger partial charge in [-0.2, -0.15) is 0 Å². The SMILES string of the molecule is Cc1cc(Cl)ccc1-c1nc(C)c(C)c(Cl)n1. The van der Waals surface area contributed by atoms with E-state index in [4.69, 9.17) is 23.2 Å². The molecule has 0 saturated carbocycles. The van der Waals surface area contributed by atoms with Crippen molar-refractivity contribution in [2.75, 3.05) is 0 Å². The van der Waals surface area contributed by atoms with Gasteiger partial charge in [-0.05, 0) is 44.5 Å². The van der Waals surface area contributed by atoms with Crippen molar-refractivity contribution < 1.29 is 0 Å². The van der Waals surface area contributed by atoms with Crippen LogP contribution in [0.15, 0.2) is 18.2 Å². The van der Waals surface area contributed by atoms with Crippen LogP contribution in [-0.2, 0) is 0 Å². The summed E-state index contributed by atoms with van der Waals surface area (Å²) in [5, 5.41) is 1.21. The van der Waals surface area contributed by atoms with Crippen LogP contribution in [0.4, 0.5) is 0 Å². The molecule has 0 aliphatic heterocycles. The predicted molar refractivity (Wildman–Crippen MR) is 71.7 cm³/mol. The van der Waals surface area contributed by atoms with Gasteiger partial charge in [0.15, 0.2) is 5.82 Å². The minimum Gasteiger partial charge on any atom is -0.233 e. The molecule has 1 aromatic carbocycles. The molecule has 17 heavy (non-hydrogen) atoms. The molecule has 0 amide bonds. The third-order valence-corrected chi connectivity index (χ3v) is 3.36. The lowest BCUT2D eigenvalue weighted by Gasteiger charge is -2.08. The van der Waals surface area contributed by atoms with Crippen LogP contribution in [0.2, 0.25) is 10.2 Å². The second-order valence-corrected chi connectivity index (χ2v) is 4.80. The van der Waals surface area contributed by atoms with Crippen LogP contribution in [0.25, 0.3) is 11.4 Å². The summed E-state index contributed by atoms with van der Waals surface area (Å²) in [5.41, 5.74) is 3.81. The lowest BCUT2D eigenvalue weighted by molar-refractivity contribution is 1.07. The number of hydrogen-bond acceptors (Lipinski definition) is 2. The van der Waals surface area contributed by atoms with Gasteiger partial charge in [-0.15, -0.1) is 0 Å². The smallest absolute Gasteiger partial charge is 0.161 e. The minimum absolute atomic E-state index is 0.502. The van der Waals surface area contributed by atoms with Crippen molar-refractivity contribution in [1.29, 1.82) is 0 Å². The fourth-order valence-corrected chi connectivity index (χ4v) is 2.04. The Morgan fingerprint density at radius 1 is 1.00 bits per heavy atom. The van der Waals surface area contributed by atoms with Gasteiger partial charge in [0.1, 0.15) is 5.15 Å². The summed E-state index contributed by atoms with van der Waals surface area (Å²) in [7, 11) is 0. The van der Waals surface area contributed by atoms with Crippen molar-refractivity contribution in [3.05, 3.63) is 45.2 Å². The second kappa shape index (κ2) is 4.63. The zero-order valence-electron chi connectivity index (χ0n) is 9.88. The highest BCUT2D eigenvalue weighted by Gasteiger charge is 2.10. The second-order valence-electron chi connectivity index (χ2n) is 4.01. The molecule has 0 radical (unpaired) electrons. The van der Waals surface area contributed by atoms with E-state index in [0.29, 0.717) is 16.0 Å². The summed E-state index contributed by atoms with van der Waals surface area (Å²) in [6, 6.07) is 5.64. The van der Waals surface area contributed by atoms with Gasteiger partial charge in [0.25, 0.3) is 0 Å². The highest BCUT2D eigenvalue weighted by molar-refractivity contribution is 6.31. The molecule has 0 saturated heterocycles. The normalized spacial score (nSPS) is 10.6. The largest absolute Gasteiger partial charge is 0.233 e. The molecule has 0 atom stereocenters. The van der Waals surface area contributed by atoms with Crippen molar-refractivity contribution in [2.24, 2.45) is 0 Å². The minimum atomic E-state index is 0.502. The number of benzene rings is 1. The van der Waals surface area contributed by atoms with Crippen molar-refractivity contribution in [3.63, 3.8) is 0 Å². The highest BCUT2D eigenvalue weighted by Crippen LogP contribution is 2.26. The zero-order valence-corrected chi connectivity index (χ0v) is 11.4. The molecule has 0 N–H and O–H groups in total. The van der Waals surface area contributed by atoms with Crippen LogP contribution < -0.4 is 0 Å². The van der Waals surface area contributed by atoms with E-state index in [9.17, 15) is 0 Å². The predicted octanol–water partition coefficient (Wildman–Crippen LogP) is 4.38. The number of hydrogen-bond donors (Lipinski definition) is 0. The Hall–Kier alpha value is -1.12. The fraction of sp³-hybridized carbons (Fsp3) is 0.231. The lowest BCUT2D eigenvalue weighted by atomic mass is 10.1. The summed E-state index contributed by atoms with van der Waals surface area (Å²) in [5.74, 6) is 0.646. The molecule has 0 aliphatic carbocycles. The molecular formula is C13H12Cl2N2. The van der Waals surface area contributed by atoms with E-state index in [1.54, 1.807) is 0 Å². The molecule has 0 spiro atoms. The van der Waals surface area contributed by atoms with Crippen LogP contribution in [-0.4, -0.2) is 9.97 Å². The van der Waals surface area contributed by atoms with Gasteiger partial charge in [0.2, 0.25) is 0 Å². The first-order valence-corrected chi connectivity index (χ1v) is 6.02. The first kappa shape index (κ1) is 12.3. The van der Waals surface area contributed by atoms with E-state index in [-0.39, 0.29) is 0 Å². The Balaban J connectivity index is 2.61. The molecule has 0 aliphatic rings. The van der Waals surface area contributed by atoms with Crippen molar-refractivity contribution >= 4 is 23.2 Å². The number of aromatic nitrogens is 2. The monoisotopic (exact) mass is 266 g/mol. The summed E-state index contributed by atoms with van der Waals surface area (Å²) in [4.78, 5) is 8.76. The number of aryl methyl sites for hydroxylation is 2. The maximum Gasteiger partial charge on any atom is 0.161 e. The quantitative estimate of drug-likeness (QED) is 0.717. The van der Waals surface area contributed by atoms with Gasteiger partial charge in [-0.1, -0.05) is 23.2 Å². The average Bonchev–Trinajstić information content (AvgIpc) is 2.25. The van der Waals surface area contributed by atoms with Crippen LogP contribution in [0.3, 0.4) is 0 Å². The third-order valence-electron chi connectivity index (χ3n) is 2.76. The first-order chi connectivity index (χ1) is 7.99. The van der Waals surface area contributed by atoms with Gasteiger partial charge in [-0.3, -0.25) is 0 Å². The Bertz CT molecular complexity index is 557. The maximum absolute atomic E-state index is 6.08. The molecule has 0 fully saturated rings. The third kappa shape index (κ3) is 2.43. The van der Waals surface area contributed by atoms with E-state index in [2.05, 4.69) is 9.97 Å². The van der Waals surface area contributed by atoms with Gasteiger partial charge < -0.3 is 0 Å². The molecule has 88 valence electrons. The van der Waals surface area contributed by atoms with Crippen LogP contribution in [0.5, 0.6) is 0 Å². The summed E-state index contributed by atoms with van der Waals surface area (Å²) in [6.07, 6.45) is 0. The van der Waals surface area contributed by atoms with Crippen LogP contribution >= 0.6 is 23.2 Å². The summed E-state index contributed by atoms with van der Waals surface area (Å²) >= 11 is 12.0. The van der Waals surface area contributed by atoms with Crippen molar-refractivity contribution in [1.82, 2.24) is 9.97 Å². The van der Waals surface area contributed by atoms with E-state index in [0.717, 1.165) is 22.4 Å². The van der Waals surface area contributed by atoms with Gasteiger partial charge >= 0.3 is 0 Å². The number of halogens is 2. The standard InChI is InChI=1S/C13H12Cl2N2/c1-7-6-10(14)4-5-11(7)13-16-9(3)8(2)12(15)17-13/h4-6H,1-3H3. The van der Waals surface area contributed by atoms with Crippen molar-refractivity contribution in [3.8, 4) is 11.4 Å². The van der Waals surface area contributed by atoms with Gasteiger partial charge in [-0.25, -0.2) is 9.97 Å². The van der Waals surface area contributed by atoms with Crippen molar-refractivity contribution in [2.45, 2.75) is 20.8 Å². The van der Waals surface area contributed by atoms with E-state index in [1.807, 2.05) is 39.0 Å². The fourth-order valence-electron chi connectivity index (χ4n) is 1.59. The Morgan fingerprint density at radius 2 is 1.71 bits per heavy atom. The zero-order chi connectivity index (χ0) is 12.6. The van der Waals surface area contributed by atoms with Crippen LogP contribution in [0.1, 0.15) is 16.8 Å². The summed E-state index contributed by atoms with van der Waals surface area (Å²) < 4.78 is 0. The summed E-state index contributed by atoms with van der Waals surface area (Å²) in [6.45, 7) is 5.82. The number of rotatable bonds is 1. The van der Waals surface area contributed by atoms with E-state index in [1.165, 1.54) is 0 Å². The van der Waals surface area contributed by atoms with E-state index < -0.39 is 0 Å². The Morgan fingerprint density at radius 3 is 2.29 bits per heavy atom. The molecule has 2 nitrogen and oxygen atoms in total. The molecule has 2 rings (SSSR count). The first-order valence-electron chi connectivity index (χ1n) is 5.26. The van der Waals surface area contributed by atoms with Gasteiger partial charge in [0, 0.05) is 21.8 Å². The molecule has 2 aromatic rings.